The molecule has 24 heavy (non-hydrogen) atoms. The van der Waals surface area contributed by atoms with Crippen molar-refractivity contribution in [1.82, 2.24) is 0 Å². The Balaban J connectivity index is 2.56. The Morgan fingerprint density at radius 3 is 2.54 bits per heavy atom. The lowest BCUT2D eigenvalue weighted by Gasteiger charge is -2.18. The maximum Gasteiger partial charge on any atom is 0.0787 e. The van der Waals surface area contributed by atoms with E-state index in [0.29, 0.717) is 6.61 Å². The van der Waals surface area contributed by atoms with E-state index in [4.69, 9.17) is 9.84 Å². The van der Waals surface area contributed by atoms with E-state index >= 15 is 0 Å². The van der Waals surface area contributed by atoms with Gasteiger partial charge in [0.15, 0.2) is 0 Å². The zero-order chi connectivity index (χ0) is 18.0. The molecular formula is C22H32O2. The summed E-state index contributed by atoms with van der Waals surface area (Å²) >= 11 is 0. The van der Waals surface area contributed by atoms with E-state index in [0.717, 1.165) is 24.8 Å². The van der Waals surface area contributed by atoms with Gasteiger partial charge in [-0.2, -0.15) is 0 Å². The highest BCUT2D eigenvalue weighted by Gasteiger charge is 2.13. The summed E-state index contributed by atoms with van der Waals surface area (Å²) in [6, 6.07) is 10.2. The molecule has 0 heterocycles. The van der Waals surface area contributed by atoms with Gasteiger partial charge >= 0.3 is 0 Å². The van der Waals surface area contributed by atoms with Crippen LogP contribution in [0.15, 0.2) is 59.9 Å². The van der Waals surface area contributed by atoms with E-state index in [1.54, 1.807) is 0 Å². The van der Waals surface area contributed by atoms with Crippen LogP contribution in [0.2, 0.25) is 0 Å². The quantitative estimate of drug-likeness (QED) is 0.458. The highest BCUT2D eigenvalue weighted by Crippen LogP contribution is 2.22. The fourth-order valence-electron chi connectivity index (χ4n) is 2.34. The number of aliphatic hydroxyl groups is 1. The van der Waals surface area contributed by atoms with Crippen LogP contribution in [0.25, 0.3) is 0 Å². The van der Waals surface area contributed by atoms with Crippen molar-refractivity contribution in [3.8, 4) is 0 Å². The average Bonchev–Trinajstić information content (AvgIpc) is 2.53. The van der Waals surface area contributed by atoms with Gasteiger partial charge < -0.3 is 9.84 Å². The minimum Gasteiger partial charge on any atom is -0.396 e. The van der Waals surface area contributed by atoms with Crippen molar-refractivity contribution in [2.45, 2.75) is 59.7 Å². The highest BCUT2D eigenvalue weighted by atomic mass is 16.5. The smallest absolute Gasteiger partial charge is 0.0787 e. The van der Waals surface area contributed by atoms with Crippen LogP contribution in [-0.2, 0) is 11.3 Å². The van der Waals surface area contributed by atoms with E-state index < -0.39 is 0 Å². The molecule has 0 aliphatic rings. The number of hydrogen-bond acceptors (Lipinski definition) is 2. The second-order valence-electron chi connectivity index (χ2n) is 7.20. The monoisotopic (exact) mass is 328 g/mol. The Morgan fingerprint density at radius 1 is 1.29 bits per heavy atom. The van der Waals surface area contributed by atoms with Gasteiger partial charge in [0.25, 0.3) is 0 Å². The molecule has 0 saturated carbocycles. The fraction of sp³-hybridized carbons (Fsp3) is 0.500. The predicted molar refractivity (Wildman–Crippen MR) is 102 cm³/mol. The topological polar surface area (TPSA) is 29.5 Å². The van der Waals surface area contributed by atoms with Crippen molar-refractivity contribution in [2.75, 3.05) is 6.61 Å². The third-order valence-electron chi connectivity index (χ3n) is 4.09. The largest absolute Gasteiger partial charge is 0.396 e. The normalized spacial score (nSPS) is 12.4. The second-order valence-corrected chi connectivity index (χ2v) is 7.20. The third-order valence-corrected chi connectivity index (χ3v) is 4.09. The molecule has 0 aliphatic carbocycles. The average molecular weight is 328 g/mol. The molecule has 0 radical (unpaired) electrons. The molecule has 0 fully saturated rings. The summed E-state index contributed by atoms with van der Waals surface area (Å²) in [7, 11) is 0. The first kappa shape index (κ1) is 20.4. The van der Waals surface area contributed by atoms with E-state index in [9.17, 15) is 0 Å². The van der Waals surface area contributed by atoms with Gasteiger partial charge in [-0.05, 0) is 55.7 Å². The minimum absolute atomic E-state index is 0.0203. The lowest BCUT2D eigenvalue weighted by Crippen LogP contribution is -2.14. The zero-order valence-corrected chi connectivity index (χ0v) is 15.6. The van der Waals surface area contributed by atoms with Gasteiger partial charge in [0.05, 0.1) is 12.7 Å². The first-order valence-electron chi connectivity index (χ1n) is 8.69. The van der Waals surface area contributed by atoms with Crippen molar-refractivity contribution in [1.29, 1.82) is 0 Å². The van der Waals surface area contributed by atoms with Crippen LogP contribution in [0, 0.1) is 5.41 Å². The molecule has 0 aromatic heterocycles. The van der Waals surface area contributed by atoms with Crippen molar-refractivity contribution < 1.29 is 9.84 Å². The standard InChI is InChI=1S/C22H32O2/c1-18(2)21(24-17-20-9-7-6-8-10-20)12-11-19(3)13-14-22(4,5)15-16-23/h6-10,14,21,23H,1,11-12,15-17H2,2-5H3. The maximum absolute atomic E-state index is 9.08. The summed E-state index contributed by atoms with van der Waals surface area (Å²) in [5.41, 5.74) is 6.80. The van der Waals surface area contributed by atoms with Crippen LogP contribution >= 0.6 is 0 Å². The molecule has 0 aliphatic heterocycles. The second kappa shape index (κ2) is 10.3. The summed E-state index contributed by atoms with van der Waals surface area (Å²) in [5, 5.41) is 9.08. The van der Waals surface area contributed by atoms with Crippen LogP contribution in [0.4, 0.5) is 0 Å². The van der Waals surface area contributed by atoms with Gasteiger partial charge in [-0.1, -0.05) is 56.3 Å². The molecule has 1 aromatic carbocycles. The van der Waals surface area contributed by atoms with E-state index in [2.05, 4.69) is 51.3 Å². The van der Waals surface area contributed by atoms with Gasteiger partial charge in [0, 0.05) is 6.61 Å². The zero-order valence-electron chi connectivity index (χ0n) is 15.6. The Hall–Kier alpha value is -1.60. The third kappa shape index (κ3) is 8.31. The van der Waals surface area contributed by atoms with E-state index in [-0.39, 0.29) is 18.1 Å². The Bertz CT molecular complexity index is 563. The fourth-order valence-corrected chi connectivity index (χ4v) is 2.34. The molecular weight excluding hydrogens is 296 g/mol. The summed E-state index contributed by atoms with van der Waals surface area (Å²) in [4.78, 5) is 0. The van der Waals surface area contributed by atoms with Crippen LogP contribution < -0.4 is 0 Å². The van der Waals surface area contributed by atoms with E-state index in [1.165, 1.54) is 11.1 Å². The van der Waals surface area contributed by atoms with Crippen molar-refractivity contribution in [2.24, 2.45) is 5.41 Å². The van der Waals surface area contributed by atoms with Crippen LogP contribution in [0.1, 0.15) is 52.5 Å². The Kier molecular flexibility index (Phi) is 8.78. The molecule has 1 atom stereocenters. The molecule has 2 nitrogen and oxygen atoms in total. The Morgan fingerprint density at radius 2 is 1.96 bits per heavy atom. The number of benzene rings is 1. The number of rotatable bonds is 10. The molecule has 2 heteroatoms. The first-order chi connectivity index (χ1) is 11.3. The van der Waals surface area contributed by atoms with Crippen LogP contribution in [-0.4, -0.2) is 17.8 Å². The SMILES string of the molecule is C=C(C)C(CCC(C)=C=CC(C)(C)CCO)OCc1ccccc1. The Labute approximate surface area is 147 Å². The predicted octanol–water partition coefficient (Wildman–Crippen LogP) is 5.44. The minimum atomic E-state index is -0.0203. The van der Waals surface area contributed by atoms with Gasteiger partial charge in [-0.25, -0.2) is 0 Å². The molecule has 0 amide bonds. The lowest BCUT2D eigenvalue weighted by molar-refractivity contribution is 0.0594. The van der Waals surface area contributed by atoms with Gasteiger partial charge in [0.2, 0.25) is 0 Å². The number of hydrogen-bond donors (Lipinski definition) is 1. The molecule has 1 rings (SSSR count). The summed E-state index contributed by atoms with van der Waals surface area (Å²) in [5.74, 6) is 0. The highest BCUT2D eigenvalue weighted by molar-refractivity contribution is 5.14. The number of aliphatic hydroxyl groups excluding tert-OH is 1. The summed E-state index contributed by atoms with van der Waals surface area (Å²) in [6.45, 7) is 13.2. The molecule has 1 N–H and O–H groups in total. The van der Waals surface area contributed by atoms with Crippen LogP contribution in [0.5, 0.6) is 0 Å². The summed E-state index contributed by atoms with van der Waals surface area (Å²) in [6.07, 6.45) is 4.72. The van der Waals surface area contributed by atoms with Gasteiger partial charge in [0.1, 0.15) is 0 Å². The van der Waals surface area contributed by atoms with Crippen molar-refractivity contribution in [3.63, 3.8) is 0 Å². The number of ether oxygens (including phenoxy) is 1. The molecule has 1 unspecified atom stereocenters. The van der Waals surface area contributed by atoms with Crippen LogP contribution in [0.3, 0.4) is 0 Å². The lowest BCUT2D eigenvalue weighted by atomic mass is 9.89. The summed E-state index contributed by atoms with van der Waals surface area (Å²) < 4.78 is 6.04. The van der Waals surface area contributed by atoms with E-state index in [1.807, 2.05) is 25.1 Å². The molecule has 1 aromatic rings. The van der Waals surface area contributed by atoms with Gasteiger partial charge in [-0.3, -0.25) is 0 Å². The van der Waals surface area contributed by atoms with Crippen molar-refractivity contribution >= 4 is 0 Å². The van der Waals surface area contributed by atoms with Gasteiger partial charge in [-0.15, -0.1) is 5.73 Å². The maximum atomic E-state index is 9.08. The number of allylic oxidation sites excluding steroid dienone is 1. The first-order valence-corrected chi connectivity index (χ1v) is 8.69. The molecule has 0 spiro atoms. The molecule has 0 bridgehead atoms. The molecule has 132 valence electrons. The molecule has 0 saturated heterocycles. The van der Waals surface area contributed by atoms with Crippen molar-refractivity contribution in [3.05, 3.63) is 65.4 Å².